The number of rotatable bonds is 3. The first-order valence-electron chi connectivity index (χ1n) is 11.9. The molecule has 0 bridgehead atoms. The number of nitrogens with two attached hydrogens (primary N) is 1. The van der Waals surface area contributed by atoms with Gasteiger partial charge in [0.05, 0.1) is 13.3 Å². The topological polar surface area (TPSA) is 73.4 Å². The molecule has 0 radical (unpaired) electrons. The van der Waals surface area contributed by atoms with Crippen molar-refractivity contribution in [2.45, 2.75) is 31.5 Å². The van der Waals surface area contributed by atoms with Crippen LogP contribution in [0, 0.1) is 17.3 Å². The molecule has 2 aliphatic rings. The molecule has 1 saturated heterocycles. The molecule has 2 heterocycles. The molecule has 180 valence electrons. The third-order valence-electron chi connectivity index (χ3n) is 7.50. The number of hydrogen-bond donors (Lipinski definition) is 1. The standard InChI is InChI=1S/C28H29FN4O2/c1-32-26(34)21(10-11-24(29)19-7-5-8-22(16-19)35-2)18-31-27(32)33-14-12-28(13-15-33)17-20-6-3-4-9-23(20)25(28)30/h3-9,16,18,24-25H,12-15,17,30H2,1-2H3/t24?,25-/m1/s1. The molecule has 1 spiro atoms. The second-order valence-electron chi connectivity index (χ2n) is 9.45. The average Bonchev–Trinajstić information content (AvgIpc) is 3.16. The molecule has 3 aromatic rings. The Bertz CT molecular complexity index is 1370. The fourth-order valence-electron chi connectivity index (χ4n) is 5.40. The number of anilines is 1. The number of fused-ring (bicyclic) bond motifs is 1. The first-order chi connectivity index (χ1) is 16.9. The van der Waals surface area contributed by atoms with Gasteiger partial charge in [-0.2, -0.15) is 0 Å². The molecule has 6 nitrogen and oxygen atoms in total. The fraction of sp³-hybridized carbons (Fsp3) is 0.357. The summed E-state index contributed by atoms with van der Waals surface area (Å²) >= 11 is 0. The summed E-state index contributed by atoms with van der Waals surface area (Å²) < 4.78 is 21.3. The van der Waals surface area contributed by atoms with Crippen LogP contribution in [0.15, 0.2) is 59.5 Å². The third kappa shape index (κ3) is 4.19. The molecule has 1 fully saturated rings. The molecule has 2 N–H and O–H groups in total. The predicted molar refractivity (Wildman–Crippen MR) is 134 cm³/mol. The van der Waals surface area contributed by atoms with Crippen molar-refractivity contribution in [2.24, 2.45) is 18.2 Å². The SMILES string of the molecule is COc1cccc(C(F)C#Cc2cnc(N3CCC4(CC3)Cc3ccccc3[C@H]4N)n(C)c2=O)c1. The Labute approximate surface area is 204 Å². The van der Waals surface area contributed by atoms with E-state index in [0.29, 0.717) is 17.3 Å². The first-order valence-corrected chi connectivity index (χ1v) is 11.9. The van der Waals surface area contributed by atoms with E-state index < -0.39 is 6.17 Å². The zero-order chi connectivity index (χ0) is 24.6. The van der Waals surface area contributed by atoms with E-state index in [2.05, 4.69) is 46.0 Å². The highest BCUT2D eigenvalue weighted by Crippen LogP contribution is 2.50. The van der Waals surface area contributed by atoms with Crippen molar-refractivity contribution in [3.63, 3.8) is 0 Å². The van der Waals surface area contributed by atoms with Gasteiger partial charge in [0.2, 0.25) is 5.95 Å². The molecule has 0 saturated carbocycles. The number of methoxy groups -OCH3 is 1. The summed E-state index contributed by atoms with van der Waals surface area (Å²) in [4.78, 5) is 19.6. The number of aromatic nitrogens is 2. The second-order valence-corrected chi connectivity index (χ2v) is 9.45. The van der Waals surface area contributed by atoms with Crippen LogP contribution in [0.4, 0.5) is 10.3 Å². The van der Waals surface area contributed by atoms with Gasteiger partial charge in [-0.3, -0.25) is 9.36 Å². The molecule has 1 aliphatic heterocycles. The van der Waals surface area contributed by atoms with Gasteiger partial charge < -0.3 is 15.4 Å². The minimum Gasteiger partial charge on any atom is -0.497 e. The molecular formula is C28H29FN4O2. The maximum absolute atomic E-state index is 14.6. The lowest BCUT2D eigenvalue weighted by Gasteiger charge is -2.42. The van der Waals surface area contributed by atoms with Crippen molar-refractivity contribution in [3.8, 4) is 17.6 Å². The summed E-state index contributed by atoms with van der Waals surface area (Å²) in [5.41, 5.74) is 9.62. The Morgan fingerprint density at radius 3 is 2.71 bits per heavy atom. The summed E-state index contributed by atoms with van der Waals surface area (Å²) in [5, 5.41) is 0. The highest BCUT2D eigenvalue weighted by molar-refractivity contribution is 5.42. The lowest BCUT2D eigenvalue weighted by Crippen LogP contribution is -2.46. The molecule has 1 aromatic heterocycles. The zero-order valence-electron chi connectivity index (χ0n) is 20.0. The van der Waals surface area contributed by atoms with Crippen LogP contribution in [-0.4, -0.2) is 29.8 Å². The van der Waals surface area contributed by atoms with Gasteiger partial charge in [-0.25, -0.2) is 9.37 Å². The Hall–Kier alpha value is -3.63. The average molecular weight is 473 g/mol. The Morgan fingerprint density at radius 1 is 1.20 bits per heavy atom. The molecule has 2 aromatic carbocycles. The summed E-state index contributed by atoms with van der Waals surface area (Å²) in [5.74, 6) is 6.36. The molecule has 35 heavy (non-hydrogen) atoms. The number of ether oxygens (including phenoxy) is 1. The van der Waals surface area contributed by atoms with Crippen LogP contribution < -0.4 is 20.9 Å². The van der Waals surface area contributed by atoms with Crippen molar-refractivity contribution >= 4 is 5.95 Å². The number of alkyl halides is 1. The van der Waals surface area contributed by atoms with E-state index >= 15 is 0 Å². The Balaban J connectivity index is 1.31. The van der Waals surface area contributed by atoms with Gasteiger partial charge in [-0.05, 0) is 47.9 Å². The zero-order valence-corrected chi connectivity index (χ0v) is 20.0. The quantitative estimate of drug-likeness (QED) is 0.589. The Morgan fingerprint density at radius 2 is 1.97 bits per heavy atom. The van der Waals surface area contributed by atoms with Crippen LogP contribution >= 0.6 is 0 Å². The van der Waals surface area contributed by atoms with Gasteiger partial charge in [0.25, 0.3) is 5.56 Å². The van der Waals surface area contributed by atoms with E-state index in [-0.39, 0.29) is 22.6 Å². The lowest BCUT2D eigenvalue weighted by molar-refractivity contribution is 0.186. The number of benzene rings is 2. The number of nitrogens with zero attached hydrogens (tertiary/aromatic N) is 3. The summed E-state index contributed by atoms with van der Waals surface area (Å²) in [6, 6.07) is 15.2. The number of halogens is 1. The minimum absolute atomic E-state index is 0.0357. The predicted octanol–water partition coefficient (Wildman–Crippen LogP) is 3.69. The van der Waals surface area contributed by atoms with Crippen LogP contribution in [-0.2, 0) is 13.5 Å². The monoisotopic (exact) mass is 472 g/mol. The maximum Gasteiger partial charge on any atom is 0.270 e. The van der Waals surface area contributed by atoms with Gasteiger partial charge in [-0.15, -0.1) is 0 Å². The number of hydrogen-bond acceptors (Lipinski definition) is 5. The molecule has 1 aliphatic carbocycles. The van der Waals surface area contributed by atoms with E-state index in [9.17, 15) is 9.18 Å². The van der Waals surface area contributed by atoms with Gasteiger partial charge >= 0.3 is 0 Å². The van der Waals surface area contributed by atoms with Crippen molar-refractivity contribution in [1.82, 2.24) is 9.55 Å². The maximum atomic E-state index is 14.6. The van der Waals surface area contributed by atoms with Crippen molar-refractivity contribution < 1.29 is 9.13 Å². The molecule has 0 amide bonds. The van der Waals surface area contributed by atoms with E-state index in [4.69, 9.17) is 10.5 Å². The molecule has 5 rings (SSSR count). The minimum atomic E-state index is -1.53. The normalized spacial score (nSPS) is 19.1. The highest BCUT2D eigenvalue weighted by atomic mass is 19.1. The van der Waals surface area contributed by atoms with Gasteiger partial charge in [0, 0.05) is 31.7 Å². The van der Waals surface area contributed by atoms with Gasteiger partial charge in [0.1, 0.15) is 11.3 Å². The summed E-state index contributed by atoms with van der Waals surface area (Å²) in [6.45, 7) is 1.55. The molecule has 1 unspecified atom stereocenters. The first kappa shape index (κ1) is 23.1. The van der Waals surface area contributed by atoms with E-state index in [0.717, 1.165) is 32.4 Å². The number of piperidine rings is 1. The van der Waals surface area contributed by atoms with Crippen LogP contribution in [0.1, 0.15) is 47.3 Å². The van der Waals surface area contributed by atoms with Gasteiger partial charge in [0.15, 0.2) is 6.17 Å². The van der Waals surface area contributed by atoms with Crippen molar-refractivity contribution in [3.05, 3.63) is 87.3 Å². The highest BCUT2D eigenvalue weighted by Gasteiger charge is 2.46. The third-order valence-corrected chi connectivity index (χ3v) is 7.50. The lowest BCUT2D eigenvalue weighted by atomic mass is 9.73. The Kier molecular flexibility index (Phi) is 6.08. The fourth-order valence-corrected chi connectivity index (χ4v) is 5.40. The molecular weight excluding hydrogens is 443 g/mol. The van der Waals surface area contributed by atoms with Crippen molar-refractivity contribution in [1.29, 1.82) is 0 Å². The van der Waals surface area contributed by atoms with Crippen LogP contribution in [0.3, 0.4) is 0 Å². The molecule has 7 heteroatoms. The second kappa shape index (κ2) is 9.20. The molecule has 2 atom stereocenters. The van der Waals surface area contributed by atoms with Crippen LogP contribution in [0.5, 0.6) is 5.75 Å². The largest absolute Gasteiger partial charge is 0.497 e. The van der Waals surface area contributed by atoms with Crippen LogP contribution in [0.25, 0.3) is 0 Å². The van der Waals surface area contributed by atoms with E-state index in [1.54, 1.807) is 31.3 Å². The van der Waals surface area contributed by atoms with E-state index in [1.165, 1.54) is 29.0 Å². The summed E-state index contributed by atoms with van der Waals surface area (Å²) in [6.07, 6.45) is 2.78. The van der Waals surface area contributed by atoms with Crippen LogP contribution in [0.2, 0.25) is 0 Å². The van der Waals surface area contributed by atoms with Gasteiger partial charge in [-0.1, -0.05) is 48.2 Å². The van der Waals surface area contributed by atoms with Crippen molar-refractivity contribution in [2.75, 3.05) is 25.1 Å². The van der Waals surface area contributed by atoms with E-state index in [1.807, 2.05) is 0 Å². The smallest absolute Gasteiger partial charge is 0.270 e. The summed E-state index contributed by atoms with van der Waals surface area (Å²) in [7, 11) is 3.21.